The lowest BCUT2D eigenvalue weighted by atomic mass is 9.82. The maximum absolute atomic E-state index is 13.8. The van der Waals surface area contributed by atoms with Crippen LogP contribution in [0.5, 0.6) is 0 Å². The second kappa shape index (κ2) is 14.4. The number of ketones is 1. The second-order valence-electron chi connectivity index (χ2n) is 12.1. The summed E-state index contributed by atoms with van der Waals surface area (Å²) >= 11 is 1.60. The fourth-order valence-electron chi connectivity index (χ4n) is 6.20. The Kier molecular flexibility index (Phi) is 11.2. The van der Waals surface area contributed by atoms with Gasteiger partial charge in [0.25, 0.3) is 0 Å². The van der Waals surface area contributed by atoms with Crippen LogP contribution in [0.1, 0.15) is 101 Å². The van der Waals surface area contributed by atoms with Crippen molar-refractivity contribution in [3.8, 4) is 0 Å². The van der Waals surface area contributed by atoms with Crippen LogP contribution < -0.4 is 10.6 Å². The molecular formula is C31H47N3O4S2. The Balaban J connectivity index is 1.50. The number of rotatable bonds is 13. The van der Waals surface area contributed by atoms with Gasteiger partial charge in [-0.1, -0.05) is 46.1 Å². The number of aromatic nitrogens is 1. The van der Waals surface area contributed by atoms with Crippen molar-refractivity contribution in [3.63, 3.8) is 0 Å². The van der Waals surface area contributed by atoms with Crippen LogP contribution in [0.2, 0.25) is 0 Å². The van der Waals surface area contributed by atoms with Gasteiger partial charge in [0.05, 0.1) is 32.1 Å². The van der Waals surface area contributed by atoms with Crippen LogP contribution in [0.4, 0.5) is 0 Å². The minimum absolute atomic E-state index is 0.0612. The molecule has 0 radical (unpaired) electrons. The third-order valence-electron chi connectivity index (χ3n) is 8.84. The topological polar surface area (TPSA) is 105 Å². The summed E-state index contributed by atoms with van der Waals surface area (Å²) in [4.78, 5) is 31.1. The first kappa shape index (κ1) is 31.1. The minimum atomic E-state index is -3.22. The lowest BCUT2D eigenvalue weighted by molar-refractivity contribution is -0.130. The van der Waals surface area contributed by atoms with E-state index in [0.717, 1.165) is 54.0 Å². The number of hydrogen-bond acceptors (Lipinski definition) is 7. The van der Waals surface area contributed by atoms with E-state index in [1.54, 1.807) is 11.3 Å². The van der Waals surface area contributed by atoms with Crippen LogP contribution in [0.25, 0.3) is 10.2 Å². The third-order valence-corrected chi connectivity index (χ3v) is 12.2. The van der Waals surface area contributed by atoms with Crippen molar-refractivity contribution in [1.29, 1.82) is 0 Å². The molecule has 1 aliphatic carbocycles. The Morgan fingerprint density at radius 3 is 2.50 bits per heavy atom. The molecule has 1 aromatic heterocycles. The van der Waals surface area contributed by atoms with Crippen molar-refractivity contribution in [3.05, 3.63) is 28.8 Å². The number of hydrogen-bond donors (Lipinski definition) is 2. The number of fused-ring (bicyclic) bond motifs is 1. The average molecular weight is 590 g/mol. The van der Waals surface area contributed by atoms with Crippen LogP contribution in [0, 0.1) is 11.8 Å². The Bertz CT molecular complexity index is 1240. The molecule has 1 saturated heterocycles. The zero-order chi connectivity index (χ0) is 28.7. The molecule has 2 heterocycles. The third kappa shape index (κ3) is 8.35. The molecule has 1 aliphatic heterocycles. The van der Waals surface area contributed by atoms with Crippen LogP contribution >= 0.6 is 11.3 Å². The van der Waals surface area contributed by atoms with E-state index in [1.165, 1.54) is 12.0 Å². The first-order chi connectivity index (χ1) is 19.2. The van der Waals surface area contributed by atoms with Gasteiger partial charge in [-0.25, -0.2) is 13.4 Å². The molecule has 1 amide bonds. The summed E-state index contributed by atoms with van der Waals surface area (Å²) in [6.45, 7) is 7.65. The first-order valence-corrected chi connectivity index (χ1v) is 17.8. The van der Waals surface area contributed by atoms with Crippen molar-refractivity contribution < 1.29 is 18.0 Å². The first-order valence-electron chi connectivity index (χ1n) is 15.3. The van der Waals surface area contributed by atoms with Crippen molar-refractivity contribution >= 4 is 43.1 Å². The molecule has 0 spiro atoms. The fourth-order valence-corrected chi connectivity index (χ4v) is 9.16. The van der Waals surface area contributed by atoms with Gasteiger partial charge in [-0.3, -0.25) is 9.59 Å². The van der Waals surface area contributed by atoms with Crippen LogP contribution in [-0.4, -0.2) is 55.2 Å². The molecule has 1 saturated carbocycles. The number of piperidine rings is 1. The molecule has 2 aliphatic rings. The molecule has 7 nitrogen and oxygen atoms in total. The quantitative estimate of drug-likeness (QED) is 0.317. The molecule has 40 heavy (non-hydrogen) atoms. The molecular weight excluding hydrogens is 542 g/mol. The maximum Gasteiger partial charge on any atom is 0.224 e. The number of carbonyl (C=O) groups excluding carboxylic acids is 2. The number of thiazole rings is 1. The van der Waals surface area contributed by atoms with Gasteiger partial charge >= 0.3 is 0 Å². The highest BCUT2D eigenvalue weighted by molar-refractivity contribution is 7.92. The van der Waals surface area contributed by atoms with E-state index >= 15 is 0 Å². The highest BCUT2D eigenvalue weighted by Gasteiger charge is 2.33. The van der Waals surface area contributed by atoms with Gasteiger partial charge in [0.2, 0.25) is 5.91 Å². The number of sulfone groups is 1. The zero-order valence-corrected chi connectivity index (χ0v) is 26.0. The predicted octanol–water partition coefficient (Wildman–Crippen LogP) is 5.57. The summed E-state index contributed by atoms with van der Waals surface area (Å²) in [6, 6.07) is 6.13. The number of amides is 1. The molecule has 2 aromatic rings. The Hall–Kier alpha value is -1.84. The lowest BCUT2D eigenvalue weighted by Gasteiger charge is -2.32. The summed E-state index contributed by atoms with van der Waals surface area (Å²) in [5, 5.41) is 7.10. The summed E-state index contributed by atoms with van der Waals surface area (Å²) in [5.74, 6) is 0.217. The predicted molar refractivity (Wildman–Crippen MR) is 164 cm³/mol. The van der Waals surface area contributed by atoms with E-state index in [0.29, 0.717) is 38.0 Å². The number of Topliss-reactive ketones (excluding diaryl/α,β-unsaturated/α-hetero) is 1. The van der Waals surface area contributed by atoms with Crippen molar-refractivity contribution in [2.24, 2.45) is 11.8 Å². The van der Waals surface area contributed by atoms with Gasteiger partial charge in [-0.05, 0) is 74.7 Å². The van der Waals surface area contributed by atoms with Gasteiger partial charge < -0.3 is 10.6 Å². The molecule has 1 aromatic carbocycles. The van der Waals surface area contributed by atoms with Gasteiger partial charge in [0.1, 0.15) is 5.78 Å². The zero-order valence-electron chi connectivity index (χ0n) is 24.4. The number of nitrogens with zero attached hydrogens (tertiary/aromatic N) is 1. The molecule has 222 valence electrons. The van der Waals surface area contributed by atoms with Gasteiger partial charge in [0, 0.05) is 25.3 Å². The van der Waals surface area contributed by atoms with Crippen LogP contribution in [0.15, 0.2) is 18.2 Å². The molecule has 2 N–H and O–H groups in total. The molecule has 2 atom stereocenters. The van der Waals surface area contributed by atoms with E-state index in [9.17, 15) is 18.0 Å². The largest absolute Gasteiger partial charge is 0.353 e. The van der Waals surface area contributed by atoms with Crippen molar-refractivity contribution in [2.45, 2.75) is 109 Å². The molecule has 4 rings (SSSR count). The molecule has 0 unspecified atom stereocenters. The average Bonchev–Trinajstić information content (AvgIpc) is 3.37. The summed E-state index contributed by atoms with van der Waals surface area (Å²) in [6.07, 6.45) is 8.17. The summed E-state index contributed by atoms with van der Waals surface area (Å²) in [7, 11) is -3.22. The van der Waals surface area contributed by atoms with E-state index < -0.39 is 15.8 Å². The maximum atomic E-state index is 13.8. The van der Waals surface area contributed by atoms with Crippen molar-refractivity contribution in [2.75, 3.05) is 18.8 Å². The van der Waals surface area contributed by atoms with Crippen LogP contribution in [0.3, 0.4) is 0 Å². The van der Waals surface area contributed by atoms with E-state index in [1.807, 2.05) is 13.0 Å². The molecule has 0 bridgehead atoms. The normalized spacial score (nSPS) is 19.1. The Labute approximate surface area is 244 Å². The monoisotopic (exact) mass is 589 g/mol. The SMILES string of the molecule is CCC(=O)C[C@@H](Cc1nc2ccc(C(C)C)cc2s1)C(=O)N[C@H](CCS(=O)(=O)C1CCNCC1)C1CCCCC1. The Morgan fingerprint density at radius 2 is 1.82 bits per heavy atom. The number of benzene rings is 1. The minimum Gasteiger partial charge on any atom is -0.353 e. The summed E-state index contributed by atoms with van der Waals surface area (Å²) in [5.41, 5.74) is 2.18. The van der Waals surface area contributed by atoms with Gasteiger partial charge in [-0.2, -0.15) is 0 Å². The molecule has 2 fully saturated rings. The number of carbonyl (C=O) groups is 2. The Morgan fingerprint density at radius 1 is 1.10 bits per heavy atom. The molecule has 9 heteroatoms. The number of nitrogens with one attached hydrogen (secondary N) is 2. The highest BCUT2D eigenvalue weighted by Crippen LogP contribution is 2.31. The highest BCUT2D eigenvalue weighted by atomic mass is 32.2. The van der Waals surface area contributed by atoms with E-state index in [-0.39, 0.29) is 41.1 Å². The second-order valence-corrected chi connectivity index (χ2v) is 15.6. The van der Waals surface area contributed by atoms with Gasteiger partial charge in [-0.15, -0.1) is 11.3 Å². The fraction of sp³-hybridized carbons (Fsp3) is 0.710. The van der Waals surface area contributed by atoms with Gasteiger partial charge in [0.15, 0.2) is 9.84 Å². The van der Waals surface area contributed by atoms with E-state index in [4.69, 9.17) is 4.98 Å². The standard InChI is InChI=1S/C31H47N3O4S2/c1-4-25(35)18-24(20-30-33-28-11-10-23(21(2)3)19-29(28)39-30)31(36)34-27(22-8-6-5-7-9-22)14-17-40(37,38)26-12-15-32-16-13-26/h10-11,19,21-22,24,26-27,32H,4-9,12-18,20H2,1-3H3,(H,34,36)/t24-,27+/m0/s1. The van der Waals surface area contributed by atoms with Crippen LogP contribution in [-0.2, 0) is 25.8 Å². The smallest absolute Gasteiger partial charge is 0.224 e. The summed E-state index contributed by atoms with van der Waals surface area (Å²) < 4.78 is 27.5. The van der Waals surface area contributed by atoms with E-state index in [2.05, 4.69) is 36.6 Å². The van der Waals surface area contributed by atoms with Crippen molar-refractivity contribution in [1.82, 2.24) is 15.6 Å². The lowest BCUT2D eigenvalue weighted by Crippen LogP contribution is -2.46.